The Bertz CT molecular complexity index is 1210. The number of rotatable bonds is 5. The SMILES string of the molecule is Cc1ccc2[nH]c3c(c2c1)CCN(C(=O)CCCNC(=O)OC(C)(C)C)C3c1cccc(O)c1. The Morgan fingerprint density at radius 3 is 2.74 bits per heavy atom. The molecule has 1 atom stereocenters. The molecule has 0 bridgehead atoms. The van der Waals surface area contributed by atoms with E-state index in [2.05, 4.69) is 35.4 Å². The molecular formula is C27H33N3O4. The highest BCUT2D eigenvalue weighted by molar-refractivity contribution is 5.87. The van der Waals surface area contributed by atoms with E-state index in [-0.39, 0.29) is 17.7 Å². The van der Waals surface area contributed by atoms with Crippen LogP contribution in [0.3, 0.4) is 0 Å². The van der Waals surface area contributed by atoms with Crippen molar-refractivity contribution in [1.82, 2.24) is 15.2 Å². The van der Waals surface area contributed by atoms with Gasteiger partial charge in [0.1, 0.15) is 11.4 Å². The van der Waals surface area contributed by atoms with Crippen LogP contribution in [0.4, 0.5) is 4.79 Å². The highest BCUT2D eigenvalue weighted by Gasteiger charge is 2.34. The molecule has 2 aromatic carbocycles. The number of nitrogens with one attached hydrogen (secondary N) is 2. The van der Waals surface area contributed by atoms with E-state index in [1.165, 1.54) is 16.5 Å². The first-order valence-corrected chi connectivity index (χ1v) is 11.8. The van der Waals surface area contributed by atoms with Crippen LogP contribution in [0.25, 0.3) is 10.9 Å². The second kappa shape index (κ2) is 9.41. The Kier molecular flexibility index (Phi) is 6.55. The number of H-pyrrole nitrogens is 1. The van der Waals surface area contributed by atoms with Crippen molar-refractivity contribution in [2.24, 2.45) is 0 Å². The number of carbonyl (C=O) groups excluding carboxylic acids is 2. The van der Waals surface area contributed by atoms with E-state index in [1.54, 1.807) is 18.2 Å². The van der Waals surface area contributed by atoms with Crippen LogP contribution in [0.2, 0.25) is 0 Å². The number of ether oxygens (including phenoxy) is 1. The van der Waals surface area contributed by atoms with E-state index in [1.807, 2.05) is 31.7 Å². The molecule has 3 aromatic rings. The monoisotopic (exact) mass is 463 g/mol. The van der Waals surface area contributed by atoms with Crippen molar-refractivity contribution in [3.63, 3.8) is 0 Å². The molecule has 0 saturated carbocycles. The zero-order chi connectivity index (χ0) is 24.5. The molecule has 0 radical (unpaired) electrons. The average Bonchev–Trinajstić information content (AvgIpc) is 3.12. The molecule has 1 aliphatic heterocycles. The van der Waals surface area contributed by atoms with Gasteiger partial charge in [0.25, 0.3) is 0 Å². The number of aromatic amines is 1. The average molecular weight is 464 g/mol. The third-order valence-electron chi connectivity index (χ3n) is 6.02. The molecular weight excluding hydrogens is 430 g/mol. The van der Waals surface area contributed by atoms with Crippen molar-refractivity contribution < 1.29 is 19.4 Å². The van der Waals surface area contributed by atoms with E-state index in [9.17, 15) is 14.7 Å². The molecule has 4 rings (SSSR count). The van der Waals surface area contributed by atoms with Crippen LogP contribution in [0.5, 0.6) is 5.75 Å². The van der Waals surface area contributed by atoms with Crippen molar-refractivity contribution in [2.45, 2.75) is 58.6 Å². The van der Waals surface area contributed by atoms with Crippen molar-refractivity contribution >= 4 is 22.9 Å². The van der Waals surface area contributed by atoms with Crippen molar-refractivity contribution in [3.05, 3.63) is 64.8 Å². The highest BCUT2D eigenvalue weighted by atomic mass is 16.6. The number of hydrogen-bond donors (Lipinski definition) is 3. The van der Waals surface area contributed by atoms with Gasteiger partial charge in [0.15, 0.2) is 0 Å². The Hall–Kier alpha value is -3.48. The minimum absolute atomic E-state index is 0.0137. The number of benzene rings is 2. The van der Waals surface area contributed by atoms with Crippen molar-refractivity contribution in [1.29, 1.82) is 0 Å². The first-order valence-electron chi connectivity index (χ1n) is 11.8. The third kappa shape index (κ3) is 5.19. The normalized spacial score (nSPS) is 15.8. The fraction of sp³-hybridized carbons (Fsp3) is 0.407. The fourth-order valence-corrected chi connectivity index (χ4v) is 4.60. The van der Waals surface area contributed by atoms with E-state index in [0.717, 1.165) is 23.2 Å². The first kappa shape index (κ1) is 23.7. The van der Waals surface area contributed by atoms with Gasteiger partial charge < -0.3 is 25.0 Å². The van der Waals surface area contributed by atoms with Gasteiger partial charge in [-0.15, -0.1) is 0 Å². The number of fused-ring (bicyclic) bond motifs is 3. The number of aromatic hydroxyl groups is 1. The molecule has 0 fully saturated rings. The quantitative estimate of drug-likeness (QED) is 0.466. The summed E-state index contributed by atoms with van der Waals surface area (Å²) in [6.45, 7) is 8.47. The van der Waals surface area contributed by atoms with E-state index < -0.39 is 11.7 Å². The molecule has 34 heavy (non-hydrogen) atoms. The van der Waals surface area contributed by atoms with Gasteiger partial charge in [0.05, 0.1) is 6.04 Å². The largest absolute Gasteiger partial charge is 0.508 e. The molecule has 0 saturated heterocycles. The van der Waals surface area contributed by atoms with E-state index in [0.29, 0.717) is 25.9 Å². The molecule has 180 valence electrons. The number of amides is 2. The summed E-state index contributed by atoms with van der Waals surface area (Å²) in [7, 11) is 0. The summed E-state index contributed by atoms with van der Waals surface area (Å²) in [6.07, 6.45) is 1.10. The minimum atomic E-state index is -0.558. The summed E-state index contributed by atoms with van der Waals surface area (Å²) >= 11 is 0. The molecule has 1 aromatic heterocycles. The lowest BCUT2D eigenvalue weighted by atomic mass is 9.91. The summed E-state index contributed by atoms with van der Waals surface area (Å²) in [5, 5.41) is 14.0. The summed E-state index contributed by atoms with van der Waals surface area (Å²) in [5.41, 5.74) is 4.78. The highest BCUT2D eigenvalue weighted by Crippen LogP contribution is 2.39. The van der Waals surface area contributed by atoms with Gasteiger partial charge in [0, 0.05) is 36.1 Å². The molecule has 7 nitrogen and oxygen atoms in total. The smallest absolute Gasteiger partial charge is 0.407 e. The molecule has 2 heterocycles. The van der Waals surface area contributed by atoms with Gasteiger partial charge in [-0.05, 0) is 75.9 Å². The van der Waals surface area contributed by atoms with Gasteiger partial charge in [0.2, 0.25) is 5.91 Å². The number of hydrogen-bond acceptors (Lipinski definition) is 4. The lowest BCUT2D eigenvalue weighted by Gasteiger charge is -2.36. The van der Waals surface area contributed by atoms with Crippen LogP contribution in [0, 0.1) is 6.92 Å². The summed E-state index contributed by atoms with van der Waals surface area (Å²) < 4.78 is 5.25. The zero-order valence-electron chi connectivity index (χ0n) is 20.3. The molecule has 2 amide bonds. The summed E-state index contributed by atoms with van der Waals surface area (Å²) in [6, 6.07) is 13.1. The Morgan fingerprint density at radius 2 is 2.00 bits per heavy atom. The number of aryl methyl sites for hydroxylation is 1. The topological polar surface area (TPSA) is 94.7 Å². The van der Waals surface area contributed by atoms with Crippen LogP contribution < -0.4 is 5.32 Å². The van der Waals surface area contributed by atoms with Crippen molar-refractivity contribution in [2.75, 3.05) is 13.1 Å². The third-order valence-corrected chi connectivity index (χ3v) is 6.02. The predicted molar refractivity (Wildman–Crippen MR) is 132 cm³/mol. The van der Waals surface area contributed by atoms with Crippen LogP contribution in [0.15, 0.2) is 42.5 Å². The summed E-state index contributed by atoms with van der Waals surface area (Å²) in [5.74, 6) is 0.186. The second-order valence-electron chi connectivity index (χ2n) is 9.93. The molecule has 0 aliphatic carbocycles. The number of phenols is 1. The first-order chi connectivity index (χ1) is 16.1. The molecule has 7 heteroatoms. The predicted octanol–water partition coefficient (Wildman–Crippen LogP) is 4.96. The van der Waals surface area contributed by atoms with Crippen molar-refractivity contribution in [3.8, 4) is 5.75 Å². The van der Waals surface area contributed by atoms with Crippen LogP contribution in [-0.2, 0) is 16.0 Å². The minimum Gasteiger partial charge on any atom is -0.508 e. The molecule has 0 spiro atoms. The maximum Gasteiger partial charge on any atom is 0.407 e. The lowest BCUT2D eigenvalue weighted by molar-refractivity contribution is -0.133. The maximum absolute atomic E-state index is 13.3. The van der Waals surface area contributed by atoms with E-state index >= 15 is 0 Å². The van der Waals surface area contributed by atoms with Gasteiger partial charge in [-0.2, -0.15) is 0 Å². The Morgan fingerprint density at radius 1 is 1.21 bits per heavy atom. The lowest BCUT2D eigenvalue weighted by Crippen LogP contribution is -2.41. The standard InChI is InChI=1S/C27H33N3O4/c1-17-10-11-22-21(15-17)20-12-14-30(23(32)9-6-13-28-26(33)34-27(2,3)4)25(24(20)29-22)18-7-5-8-19(31)16-18/h5,7-8,10-11,15-16,25,29,31H,6,9,12-14H2,1-4H3,(H,28,33). The summed E-state index contributed by atoms with van der Waals surface area (Å²) in [4.78, 5) is 30.6. The maximum atomic E-state index is 13.3. The number of carbonyl (C=O) groups is 2. The number of phenolic OH excluding ortho intramolecular Hbond substituents is 1. The van der Waals surface area contributed by atoms with Gasteiger partial charge >= 0.3 is 6.09 Å². The number of aromatic nitrogens is 1. The van der Waals surface area contributed by atoms with Gasteiger partial charge in [-0.3, -0.25) is 4.79 Å². The van der Waals surface area contributed by atoms with Gasteiger partial charge in [-0.1, -0.05) is 23.8 Å². The molecule has 1 unspecified atom stereocenters. The Labute approximate surface area is 200 Å². The van der Waals surface area contributed by atoms with Crippen LogP contribution >= 0.6 is 0 Å². The van der Waals surface area contributed by atoms with Crippen LogP contribution in [-0.4, -0.2) is 45.7 Å². The fourth-order valence-electron chi connectivity index (χ4n) is 4.60. The molecule has 3 N–H and O–H groups in total. The van der Waals surface area contributed by atoms with Gasteiger partial charge in [-0.25, -0.2) is 4.79 Å². The van der Waals surface area contributed by atoms with E-state index in [4.69, 9.17) is 4.74 Å². The Balaban J connectivity index is 1.54. The number of nitrogens with zero attached hydrogens (tertiary/aromatic N) is 1. The zero-order valence-corrected chi connectivity index (χ0v) is 20.3. The molecule has 1 aliphatic rings. The second-order valence-corrected chi connectivity index (χ2v) is 9.93. The van der Waals surface area contributed by atoms with Crippen LogP contribution in [0.1, 0.15) is 62.0 Å². The number of alkyl carbamates (subject to hydrolysis) is 1.